The lowest BCUT2D eigenvalue weighted by Crippen LogP contribution is -2.19. The number of nitrogens with two attached hydrogens (primary N) is 2. The molecule has 0 bridgehead atoms. The van der Waals surface area contributed by atoms with Gasteiger partial charge in [0.05, 0.1) is 0 Å². The first-order valence-corrected chi connectivity index (χ1v) is 2.85. The smallest absolute Gasteiger partial charge is 0.217 e. The van der Waals surface area contributed by atoms with E-state index in [9.17, 15) is 4.79 Å². The maximum atomic E-state index is 10.1. The van der Waals surface area contributed by atoms with Crippen molar-refractivity contribution in [3.05, 3.63) is 0 Å². The van der Waals surface area contributed by atoms with Crippen molar-refractivity contribution in [1.82, 2.24) is 0 Å². The Morgan fingerprint density at radius 3 is 2.56 bits per heavy atom. The first-order valence-electron chi connectivity index (χ1n) is 2.85. The van der Waals surface area contributed by atoms with E-state index in [0.717, 1.165) is 0 Å². The summed E-state index contributed by atoms with van der Waals surface area (Å²) < 4.78 is 0. The van der Waals surface area contributed by atoms with Crippen LogP contribution in [0.3, 0.4) is 0 Å². The molecule has 4 nitrogen and oxygen atoms in total. The molecule has 0 aliphatic rings. The van der Waals surface area contributed by atoms with Gasteiger partial charge in [0, 0.05) is 6.42 Å². The Balaban J connectivity index is 3.01. The van der Waals surface area contributed by atoms with Gasteiger partial charge in [-0.2, -0.15) is 0 Å². The first-order chi connectivity index (χ1) is 4.13. The van der Waals surface area contributed by atoms with E-state index < -0.39 is 6.23 Å². The lowest BCUT2D eigenvalue weighted by atomic mass is 10.2. The van der Waals surface area contributed by atoms with Gasteiger partial charge in [-0.3, -0.25) is 4.79 Å². The van der Waals surface area contributed by atoms with E-state index in [1.807, 2.05) is 0 Å². The molecule has 0 aromatic carbocycles. The second-order valence-electron chi connectivity index (χ2n) is 1.93. The number of carbonyl (C=O) groups excluding carboxylic acids is 1. The summed E-state index contributed by atoms with van der Waals surface area (Å²) in [6.07, 6.45) is 0.480. The molecule has 1 amide bonds. The Morgan fingerprint density at radius 2 is 2.22 bits per heavy atom. The number of hydrogen-bond acceptors (Lipinski definition) is 3. The lowest BCUT2D eigenvalue weighted by molar-refractivity contribution is -0.118. The van der Waals surface area contributed by atoms with E-state index >= 15 is 0 Å². The minimum absolute atomic E-state index is 0.300. The predicted octanol–water partition coefficient (Wildman–Crippen LogP) is -1.08. The minimum Gasteiger partial charge on any atom is -0.379 e. The monoisotopic (exact) mass is 132 g/mol. The summed E-state index contributed by atoms with van der Waals surface area (Å²) >= 11 is 0. The summed E-state index contributed by atoms with van der Waals surface area (Å²) in [5, 5.41) is 8.49. The molecule has 54 valence electrons. The van der Waals surface area contributed by atoms with E-state index in [1.54, 1.807) is 0 Å². The summed E-state index contributed by atoms with van der Waals surface area (Å²) in [6.45, 7) is 0. The van der Waals surface area contributed by atoms with Crippen LogP contribution in [0.2, 0.25) is 0 Å². The van der Waals surface area contributed by atoms with Crippen LogP contribution < -0.4 is 11.5 Å². The Bertz CT molecular complexity index is 93.0. The molecule has 0 saturated heterocycles. The van der Waals surface area contributed by atoms with Crippen molar-refractivity contribution in [2.45, 2.75) is 25.5 Å². The Hall–Kier alpha value is -0.610. The molecule has 0 saturated carbocycles. The second kappa shape index (κ2) is 4.29. The molecule has 1 atom stereocenters. The molecule has 4 heteroatoms. The largest absolute Gasteiger partial charge is 0.379 e. The average Bonchev–Trinajstić information content (AvgIpc) is 1.63. The third kappa shape index (κ3) is 7.39. The molecule has 0 fully saturated rings. The molecule has 0 aliphatic carbocycles. The van der Waals surface area contributed by atoms with Gasteiger partial charge in [0.25, 0.3) is 0 Å². The third-order valence-electron chi connectivity index (χ3n) is 0.923. The summed E-state index contributed by atoms with van der Waals surface area (Å²) in [5.41, 5.74) is 9.80. The normalized spacial score (nSPS) is 13.1. The van der Waals surface area contributed by atoms with Gasteiger partial charge in [-0.25, -0.2) is 0 Å². The standard InChI is InChI=1S/C5H12N2O2/c6-4(8)2-1-3-5(7)9/h4,8H,1-3,6H2,(H2,7,9). The fourth-order valence-electron chi connectivity index (χ4n) is 0.485. The fraction of sp³-hybridized carbons (Fsp3) is 0.800. The lowest BCUT2D eigenvalue weighted by Gasteiger charge is -2.00. The number of amides is 1. The van der Waals surface area contributed by atoms with Gasteiger partial charge in [-0.05, 0) is 12.8 Å². The molecule has 0 aromatic rings. The molecule has 9 heavy (non-hydrogen) atoms. The number of aliphatic hydroxyl groups excluding tert-OH is 1. The van der Waals surface area contributed by atoms with Crippen LogP contribution in [0, 0.1) is 0 Å². The Kier molecular flexibility index (Phi) is 4.00. The van der Waals surface area contributed by atoms with E-state index in [4.69, 9.17) is 16.6 Å². The van der Waals surface area contributed by atoms with Crippen LogP contribution in [0.5, 0.6) is 0 Å². The Morgan fingerprint density at radius 1 is 1.67 bits per heavy atom. The molecular weight excluding hydrogens is 120 g/mol. The summed E-state index contributed by atoms with van der Waals surface area (Å²) in [7, 11) is 0. The van der Waals surface area contributed by atoms with E-state index in [2.05, 4.69) is 0 Å². The molecule has 0 spiro atoms. The van der Waals surface area contributed by atoms with Crippen LogP contribution in [0.25, 0.3) is 0 Å². The van der Waals surface area contributed by atoms with Crippen molar-refractivity contribution in [3.8, 4) is 0 Å². The molecule has 0 heterocycles. The number of rotatable bonds is 4. The molecule has 5 N–H and O–H groups in total. The van der Waals surface area contributed by atoms with Crippen molar-refractivity contribution >= 4 is 5.91 Å². The van der Waals surface area contributed by atoms with Crippen molar-refractivity contribution < 1.29 is 9.90 Å². The van der Waals surface area contributed by atoms with Gasteiger partial charge in [-0.15, -0.1) is 0 Å². The third-order valence-corrected chi connectivity index (χ3v) is 0.923. The van der Waals surface area contributed by atoms with E-state index in [1.165, 1.54) is 0 Å². The topological polar surface area (TPSA) is 89.3 Å². The summed E-state index contributed by atoms with van der Waals surface area (Å²) in [4.78, 5) is 10.1. The van der Waals surface area contributed by atoms with Crippen LogP contribution in [0.1, 0.15) is 19.3 Å². The van der Waals surface area contributed by atoms with E-state index in [0.29, 0.717) is 19.3 Å². The molecule has 0 aromatic heterocycles. The van der Waals surface area contributed by atoms with Gasteiger partial charge in [0.2, 0.25) is 5.91 Å². The van der Waals surface area contributed by atoms with Gasteiger partial charge in [0.1, 0.15) is 6.23 Å². The van der Waals surface area contributed by atoms with Crippen LogP contribution >= 0.6 is 0 Å². The number of aliphatic hydroxyl groups is 1. The zero-order valence-corrected chi connectivity index (χ0v) is 5.21. The maximum absolute atomic E-state index is 10.1. The highest BCUT2D eigenvalue weighted by atomic mass is 16.3. The van der Waals surface area contributed by atoms with Crippen molar-refractivity contribution in [2.24, 2.45) is 11.5 Å². The van der Waals surface area contributed by atoms with Crippen LogP contribution in [0.4, 0.5) is 0 Å². The average molecular weight is 132 g/mol. The Labute approximate surface area is 53.8 Å². The molecular formula is C5H12N2O2. The first kappa shape index (κ1) is 8.39. The fourth-order valence-corrected chi connectivity index (χ4v) is 0.485. The van der Waals surface area contributed by atoms with Gasteiger partial charge < -0.3 is 16.6 Å². The van der Waals surface area contributed by atoms with Crippen molar-refractivity contribution in [2.75, 3.05) is 0 Å². The SMILES string of the molecule is NC(=O)CCCC(N)O. The maximum Gasteiger partial charge on any atom is 0.217 e. The quantitative estimate of drug-likeness (QED) is 0.425. The highest BCUT2D eigenvalue weighted by molar-refractivity contribution is 5.73. The predicted molar refractivity (Wildman–Crippen MR) is 33.2 cm³/mol. The number of primary amides is 1. The van der Waals surface area contributed by atoms with Gasteiger partial charge in [0.15, 0.2) is 0 Å². The van der Waals surface area contributed by atoms with Gasteiger partial charge in [-0.1, -0.05) is 0 Å². The van der Waals surface area contributed by atoms with E-state index in [-0.39, 0.29) is 5.91 Å². The number of carbonyl (C=O) groups is 1. The van der Waals surface area contributed by atoms with Crippen LogP contribution in [-0.4, -0.2) is 17.2 Å². The molecule has 1 unspecified atom stereocenters. The van der Waals surface area contributed by atoms with Crippen molar-refractivity contribution in [1.29, 1.82) is 0 Å². The zero-order valence-electron chi connectivity index (χ0n) is 5.21. The minimum atomic E-state index is -0.815. The van der Waals surface area contributed by atoms with Crippen LogP contribution in [0.15, 0.2) is 0 Å². The second-order valence-corrected chi connectivity index (χ2v) is 1.93. The van der Waals surface area contributed by atoms with Gasteiger partial charge >= 0.3 is 0 Å². The van der Waals surface area contributed by atoms with Crippen LogP contribution in [-0.2, 0) is 4.79 Å². The molecule has 0 radical (unpaired) electrons. The summed E-state index contributed by atoms with van der Waals surface area (Å²) in [6, 6.07) is 0. The summed E-state index contributed by atoms with van der Waals surface area (Å²) in [5.74, 6) is -0.351. The number of hydrogen-bond donors (Lipinski definition) is 3. The molecule has 0 aliphatic heterocycles. The molecule has 0 rings (SSSR count). The zero-order chi connectivity index (χ0) is 7.28. The van der Waals surface area contributed by atoms with Crippen molar-refractivity contribution in [3.63, 3.8) is 0 Å². The highest BCUT2D eigenvalue weighted by Gasteiger charge is 1.97. The highest BCUT2D eigenvalue weighted by Crippen LogP contribution is 1.94.